The van der Waals surface area contributed by atoms with Crippen molar-refractivity contribution in [1.82, 2.24) is 5.32 Å². The van der Waals surface area contributed by atoms with E-state index in [0.717, 1.165) is 16.7 Å². The second-order valence-electron chi connectivity index (χ2n) is 9.20. The number of hydrogen-bond donors (Lipinski definition) is 2. The minimum Gasteiger partial charge on any atom is -0.494 e. The largest absolute Gasteiger partial charge is 0.494 e. The van der Waals surface area contributed by atoms with E-state index in [4.69, 9.17) is 36.7 Å². The molecule has 39 heavy (non-hydrogen) atoms. The first-order valence-corrected chi connectivity index (χ1v) is 13.0. The number of hydrogen-bond acceptors (Lipinski definition) is 6. The van der Waals surface area contributed by atoms with E-state index < -0.39 is 11.6 Å². The lowest BCUT2D eigenvalue weighted by Crippen LogP contribution is -2.52. The van der Waals surface area contributed by atoms with Gasteiger partial charge in [-0.2, -0.15) is 0 Å². The molecule has 1 heterocycles. The Morgan fingerprint density at radius 2 is 1.95 bits per heavy atom. The van der Waals surface area contributed by atoms with Crippen LogP contribution in [-0.4, -0.2) is 41.8 Å². The summed E-state index contributed by atoms with van der Waals surface area (Å²) in [7, 11) is 0. The van der Waals surface area contributed by atoms with Crippen LogP contribution in [0.4, 0.5) is 0 Å². The lowest BCUT2D eigenvalue weighted by Gasteiger charge is -2.29. The first kappa shape index (κ1) is 28.0. The van der Waals surface area contributed by atoms with Gasteiger partial charge in [-0.1, -0.05) is 53.1 Å². The molecule has 0 radical (unpaired) electrons. The average molecular weight is 548 g/mol. The molecule has 0 saturated carbocycles. The van der Waals surface area contributed by atoms with E-state index in [9.17, 15) is 4.79 Å². The van der Waals surface area contributed by atoms with Crippen molar-refractivity contribution in [2.45, 2.75) is 44.5 Å². The van der Waals surface area contributed by atoms with Crippen molar-refractivity contribution in [2.75, 3.05) is 13.2 Å². The minimum atomic E-state index is -1.27. The first-order chi connectivity index (χ1) is 18.9. The predicted octanol–water partition coefficient (Wildman–Crippen LogP) is 5.37. The van der Waals surface area contributed by atoms with Gasteiger partial charge in [-0.15, -0.1) is 0 Å². The van der Waals surface area contributed by atoms with Gasteiger partial charge in [0.25, 0.3) is 5.91 Å². The number of ether oxygens (including phenoxy) is 2. The number of halogens is 1. The lowest BCUT2D eigenvalue weighted by molar-refractivity contribution is -0.128. The van der Waals surface area contributed by atoms with Gasteiger partial charge in [0, 0.05) is 41.5 Å². The molecule has 2 atom stereocenters. The van der Waals surface area contributed by atoms with Crippen LogP contribution in [0.1, 0.15) is 35.6 Å². The summed E-state index contributed by atoms with van der Waals surface area (Å²) in [5.74, 6) is 0.735. The molecule has 10 heteroatoms. The Labute approximate surface area is 232 Å². The summed E-state index contributed by atoms with van der Waals surface area (Å²) in [6.07, 6.45) is 0.210. The summed E-state index contributed by atoms with van der Waals surface area (Å²) in [6.45, 7) is 2.75. The number of rotatable bonds is 12. The molecule has 0 fully saturated rings. The van der Waals surface area contributed by atoms with Gasteiger partial charge in [0.15, 0.2) is 5.54 Å². The van der Waals surface area contributed by atoms with Crippen LogP contribution in [0, 0.1) is 0 Å². The molecule has 0 bridgehead atoms. The quantitative estimate of drug-likeness (QED) is 0.136. The molecule has 0 aromatic heterocycles. The van der Waals surface area contributed by atoms with Crippen LogP contribution >= 0.6 is 11.6 Å². The van der Waals surface area contributed by atoms with Gasteiger partial charge in [-0.25, -0.2) is 4.99 Å². The molecule has 3 aromatic rings. The highest BCUT2D eigenvalue weighted by atomic mass is 35.5. The zero-order valence-corrected chi connectivity index (χ0v) is 22.3. The van der Waals surface area contributed by atoms with Crippen LogP contribution in [0.5, 0.6) is 5.75 Å². The smallest absolute Gasteiger partial charge is 0.252 e. The highest BCUT2D eigenvalue weighted by Gasteiger charge is 2.50. The molecule has 1 amide bonds. The van der Waals surface area contributed by atoms with Crippen molar-refractivity contribution in [3.8, 4) is 5.75 Å². The maximum absolute atomic E-state index is 13.9. The highest BCUT2D eigenvalue weighted by Crippen LogP contribution is 2.34. The van der Waals surface area contributed by atoms with Gasteiger partial charge in [-0.3, -0.25) is 4.79 Å². The zero-order valence-electron chi connectivity index (χ0n) is 21.6. The molecule has 1 aliphatic heterocycles. The Bertz CT molecular complexity index is 1370. The van der Waals surface area contributed by atoms with Crippen LogP contribution in [-0.2, 0) is 29.0 Å². The average Bonchev–Trinajstić information content (AvgIpc) is 3.28. The van der Waals surface area contributed by atoms with Crippen LogP contribution in [0.3, 0.4) is 0 Å². The second-order valence-corrected chi connectivity index (χ2v) is 9.63. The molecule has 1 aliphatic rings. The Kier molecular flexibility index (Phi) is 9.44. The lowest BCUT2D eigenvalue weighted by atomic mass is 9.84. The maximum atomic E-state index is 13.9. The fraction of sp³-hybridized carbons (Fsp3) is 0.310. The normalized spacial score (nSPS) is 18.0. The third kappa shape index (κ3) is 6.89. The van der Waals surface area contributed by atoms with E-state index in [0.29, 0.717) is 35.3 Å². The first-order valence-electron chi connectivity index (χ1n) is 12.7. The monoisotopic (exact) mass is 547 g/mol. The van der Waals surface area contributed by atoms with Crippen molar-refractivity contribution in [3.63, 3.8) is 0 Å². The molecule has 0 unspecified atom stereocenters. The number of aliphatic hydroxyl groups excluding tert-OH is 1. The Morgan fingerprint density at radius 3 is 2.67 bits per heavy atom. The van der Waals surface area contributed by atoms with Gasteiger partial charge in [-0.05, 0) is 65.5 Å². The fourth-order valence-corrected chi connectivity index (χ4v) is 4.62. The van der Waals surface area contributed by atoms with Crippen LogP contribution < -0.4 is 10.1 Å². The van der Waals surface area contributed by atoms with Gasteiger partial charge >= 0.3 is 0 Å². The Morgan fingerprint density at radius 1 is 1.18 bits per heavy atom. The van der Waals surface area contributed by atoms with Crippen LogP contribution in [0.15, 0.2) is 82.9 Å². The van der Waals surface area contributed by atoms with Gasteiger partial charge in [0.1, 0.15) is 11.9 Å². The molecule has 9 nitrogen and oxygen atoms in total. The van der Waals surface area contributed by atoms with E-state index in [-0.39, 0.29) is 32.0 Å². The van der Waals surface area contributed by atoms with Crippen molar-refractivity contribution < 1.29 is 19.4 Å². The second kappa shape index (κ2) is 13.2. The number of benzene rings is 3. The van der Waals surface area contributed by atoms with Crippen molar-refractivity contribution in [1.29, 1.82) is 0 Å². The molecule has 202 valence electrons. The summed E-state index contributed by atoms with van der Waals surface area (Å²) < 4.78 is 11.8. The third-order valence-electron chi connectivity index (χ3n) is 6.55. The van der Waals surface area contributed by atoms with Crippen LogP contribution in [0.25, 0.3) is 10.4 Å². The predicted molar refractivity (Wildman–Crippen MR) is 150 cm³/mol. The number of aliphatic imine (C=N–C) groups is 1. The van der Waals surface area contributed by atoms with E-state index >= 15 is 0 Å². The summed E-state index contributed by atoms with van der Waals surface area (Å²) in [5.41, 5.74) is 10.8. The number of amides is 1. The number of nitrogens with one attached hydrogen (secondary N) is 1. The van der Waals surface area contributed by atoms with Crippen molar-refractivity contribution >= 4 is 23.4 Å². The van der Waals surface area contributed by atoms with Crippen molar-refractivity contribution in [3.05, 3.63) is 111 Å². The van der Waals surface area contributed by atoms with Crippen LogP contribution in [0.2, 0.25) is 5.02 Å². The topological polar surface area (TPSA) is 129 Å². The fourth-order valence-electron chi connectivity index (χ4n) is 4.41. The third-order valence-corrected chi connectivity index (χ3v) is 6.79. The summed E-state index contributed by atoms with van der Waals surface area (Å²) in [4.78, 5) is 21.7. The SMILES string of the molecule is C[C@H]1OC(c2ccc(OCCCO)cc2)=N[C@@]1(Cc1ccccc1CN=[N+]=[N-])C(=O)NCc1cccc(Cl)c1. The van der Waals surface area contributed by atoms with E-state index in [1.807, 2.05) is 55.5 Å². The van der Waals surface area contributed by atoms with E-state index in [1.165, 1.54) is 0 Å². The van der Waals surface area contributed by atoms with E-state index in [2.05, 4.69) is 15.3 Å². The molecule has 0 aliphatic carbocycles. The molecular formula is C29H30ClN5O4. The van der Waals surface area contributed by atoms with Crippen molar-refractivity contribution in [2.24, 2.45) is 10.1 Å². The molecule has 0 saturated heterocycles. The van der Waals surface area contributed by atoms with E-state index in [1.54, 1.807) is 24.3 Å². The Balaban J connectivity index is 1.65. The summed E-state index contributed by atoms with van der Waals surface area (Å²) in [6, 6.07) is 22.1. The zero-order chi connectivity index (χ0) is 27.7. The summed E-state index contributed by atoms with van der Waals surface area (Å²) in [5, 5.41) is 16.3. The minimum absolute atomic E-state index is 0.0636. The van der Waals surface area contributed by atoms with Gasteiger partial charge in [0.2, 0.25) is 5.90 Å². The molecule has 3 aromatic carbocycles. The molecule has 2 N–H and O–H groups in total. The number of carbonyl (C=O) groups excluding carboxylic acids is 1. The molecular weight excluding hydrogens is 518 g/mol. The number of nitrogens with zero attached hydrogens (tertiary/aromatic N) is 4. The maximum Gasteiger partial charge on any atom is 0.252 e. The standard InChI is InChI=1S/C29H30ClN5O4/c1-20-29(17-23-7-2-3-8-24(23)19-33-35-31,28(37)32-18-21-6-4-9-25(30)16-21)34-27(39-20)22-10-12-26(13-11-22)38-15-5-14-36/h2-4,6-13,16,20,36H,5,14-15,17-19H2,1H3,(H,32,37)/t20-,29-/m1/s1. The Hall–Kier alpha value is -4.04. The number of carbonyl (C=O) groups is 1. The van der Waals surface area contributed by atoms with Gasteiger partial charge in [0.05, 0.1) is 13.2 Å². The molecule has 0 spiro atoms. The number of aliphatic hydroxyl groups is 1. The summed E-state index contributed by atoms with van der Waals surface area (Å²) >= 11 is 6.13. The molecule has 4 rings (SSSR count). The number of azide groups is 1. The van der Waals surface area contributed by atoms with Gasteiger partial charge < -0.3 is 19.9 Å². The highest BCUT2D eigenvalue weighted by molar-refractivity contribution is 6.30.